The Morgan fingerprint density at radius 3 is 2.73 bits per heavy atom. The van der Waals surface area contributed by atoms with E-state index in [9.17, 15) is 13.2 Å². The second-order valence-corrected chi connectivity index (χ2v) is 10.3. The van der Waals surface area contributed by atoms with Crippen LogP contribution in [0.1, 0.15) is 24.1 Å². The van der Waals surface area contributed by atoms with E-state index in [1.807, 2.05) is 31.2 Å². The number of carbonyl (C=O) groups is 1. The van der Waals surface area contributed by atoms with Gasteiger partial charge in [0.1, 0.15) is 28.8 Å². The fraction of sp³-hybridized carbons (Fsp3) is 0.304. The summed E-state index contributed by atoms with van der Waals surface area (Å²) in [5.74, 6) is -0.0645. The summed E-state index contributed by atoms with van der Waals surface area (Å²) in [5, 5.41) is 1.14. The minimum atomic E-state index is -4.06. The molecule has 33 heavy (non-hydrogen) atoms. The van der Waals surface area contributed by atoms with Crippen LogP contribution in [0, 0.1) is 6.92 Å². The van der Waals surface area contributed by atoms with Gasteiger partial charge in [0.2, 0.25) is 10.0 Å². The largest absolute Gasteiger partial charge is 0.487 e. The lowest BCUT2D eigenvalue weighted by Gasteiger charge is -2.23. The molecule has 0 unspecified atom stereocenters. The first-order valence-electron chi connectivity index (χ1n) is 10.3. The molecule has 0 N–H and O–H groups in total. The fourth-order valence-corrected chi connectivity index (χ4v) is 6.43. The molecule has 1 aromatic heterocycles. The van der Waals surface area contributed by atoms with Gasteiger partial charge >= 0.3 is 5.97 Å². The first-order valence-corrected chi connectivity index (χ1v) is 12.5. The quantitative estimate of drug-likeness (QED) is 0.446. The van der Waals surface area contributed by atoms with Crippen molar-refractivity contribution in [3.8, 4) is 5.75 Å². The van der Waals surface area contributed by atoms with E-state index < -0.39 is 22.0 Å². The van der Waals surface area contributed by atoms with Gasteiger partial charge in [-0.1, -0.05) is 41.4 Å². The number of pyridine rings is 1. The molecule has 1 aliphatic heterocycles. The Hall–Kier alpha value is -2.39. The van der Waals surface area contributed by atoms with Crippen LogP contribution in [0.5, 0.6) is 5.75 Å². The molecule has 0 amide bonds. The van der Waals surface area contributed by atoms with Crippen molar-refractivity contribution in [2.24, 2.45) is 0 Å². The molecule has 0 spiro atoms. The zero-order valence-corrected chi connectivity index (χ0v) is 20.4. The molecule has 2 aromatic carbocycles. The predicted octanol–water partition coefficient (Wildman–Crippen LogP) is 4.76. The molecule has 4 rings (SSSR count). The van der Waals surface area contributed by atoms with Gasteiger partial charge in [-0.25, -0.2) is 13.4 Å². The number of carbonyl (C=O) groups excluding carboxylic acids is 1. The average Bonchev–Trinajstić information content (AvgIpc) is 3.29. The van der Waals surface area contributed by atoms with Gasteiger partial charge in [-0.15, -0.1) is 0 Å². The molecule has 0 aliphatic carbocycles. The maximum absolute atomic E-state index is 13.4. The molecule has 1 aliphatic rings. The summed E-state index contributed by atoms with van der Waals surface area (Å²) in [4.78, 5) is 16.5. The summed E-state index contributed by atoms with van der Waals surface area (Å²) in [7, 11) is -2.83. The van der Waals surface area contributed by atoms with Gasteiger partial charge in [-0.05, 0) is 44.0 Å². The second kappa shape index (κ2) is 9.46. The molecule has 2 heterocycles. The summed E-state index contributed by atoms with van der Waals surface area (Å²) in [6.45, 7) is 2.03. The van der Waals surface area contributed by atoms with Gasteiger partial charge < -0.3 is 9.47 Å². The number of esters is 1. The van der Waals surface area contributed by atoms with Crippen LogP contribution in [0.15, 0.2) is 47.4 Å². The number of para-hydroxylation sites is 1. The van der Waals surface area contributed by atoms with Gasteiger partial charge in [-0.3, -0.25) is 4.79 Å². The van der Waals surface area contributed by atoms with Gasteiger partial charge in [0.25, 0.3) is 0 Å². The van der Waals surface area contributed by atoms with Gasteiger partial charge in [0.05, 0.1) is 12.1 Å². The number of fused-ring (bicyclic) bond motifs is 1. The summed E-state index contributed by atoms with van der Waals surface area (Å²) < 4.78 is 38.6. The Balaban J connectivity index is 1.67. The van der Waals surface area contributed by atoms with E-state index in [-0.39, 0.29) is 28.1 Å². The lowest BCUT2D eigenvalue weighted by atomic mass is 10.2. The van der Waals surface area contributed by atoms with Crippen LogP contribution >= 0.6 is 23.2 Å². The molecule has 0 radical (unpaired) electrons. The normalized spacial score (nSPS) is 16.8. The predicted molar refractivity (Wildman–Crippen MR) is 126 cm³/mol. The third-order valence-electron chi connectivity index (χ3n) is 5.61. The van der Waals surface area contributed by atoms with Crippen molar-refractivity contribution in [3.05, 3.63) is 63.8 Å². The summed E-state index contributed by atoms with van der Waals surface area (Å²) in [6.07, 6.45) is 0.939. The number of aromatic nitrogens is 1. The highest BCUT2D eigenvalue weighted by molar-refractivity contribution is 7.89. The molecule has 10 heteroatoms. The molecule has 0 saturated carbocycles. The van der Waals surface area contributed by atoms with Crippen LogP contribution in [0.4, 0.5) is 0 Å². The van der Waals surface area contributed by atoms with E-state index in [0.717, 1.165) is 15.4 Å². The molecule has 1 fully saturated rings. The van der Waals surface area contributed by atoms with E-state index >= 15 is 0 Å². The molecular formula is C23H22Cl2N2O5S. The molecule has 1 atom stereocenters. The van der Waals surface area contributed by atoms with E-state index in [1.54, 1.807) is 6.07 Å². The number of hydrogen-bond acceptors (Lipinski definition) is 6. The van der Waals surface area contributed by atoms with E-state index in [1.165, 1.54) is 19.2 Å². The zero-order chi connectivity index (χ0) is 23.8. The average molecular weight is 509 g/mol. The number of halogens is 2. The van der Waals surface area contributed by atoms with Crippen molar-refractivity contribution in [2.75, 3.05) is 13.7 Å². The van der Waals surface area contributed by atoms with Crippen molar-refractivity contribution in [1.82, 2.24) is 9.29 Å². The van der Waals surface area contributed by atoms with Crippen molar-refractivity contribution in [1.29, 1.82) is 0 Å². The highest BCUT2D eigenvalue weighted by Crippen LogP contribution is 2.36. The van der Waals surface area contributed by atoms with Crippen LogP contribution in [0.25, 0.3) is 10.9 Å². The van der Waals surface area contributed by atoms with E-state index in [4.69, 9.17) is 32.7 Å². The number of aryl methyl sites for hydroxylation is 1. The monoisotopic (exact) mass is 508 g/mol. The highest BCUT2D eigenvalue weighted by atomic mass is 35.5. The third-order valence-corrected chi connectivity index (χ3v) is 8.46. The standard InChI is InChI=1S/C23H22Cl2N2O5S/c1-14-8-9-15-5-3-7-19(22(15)26-14)32-13-16-17(24)10-11-20(21(16)25)33(29,30)27-12-4-6-18(27)23(28)31-2/h3,5,7-11,18H,4,6,12-13H2,1-2H3/t18-/m0/s1. The number of nitrogens with zero attached hydrogens (tertiary/aromatic N) is 2. The number of hydrogen-bond donors (Lipinski definition) is 0. The Labute approximate surface area is 202 Å². The minimum absolute atomic E-state index is 0.0395. The molecule has 1 saturated heterocycles. The molecule has 3 aromatic rings. The number of ether oxygens (including phenoxy) is 2. The van der Waals surface area contributed by atoms with Gasteiger partial charge in [0, 0.05) is 28.2 Å². The number of rotatable bonds is 6. The summed E-state index contributed by atoms with van der Waals surface area (Å²) in [5.41, 5.74) is 1.86. The molecule has 7 nitrogen and oxygen atoms in total. The minimum Gasteiger partial charge on any atom is -0.487 e. The van der Waals surface area contributed by atoms with Crippen molar-refractivity contribution in [2.45, 2.75) is 37.3 Å². The van der Waals surface area contributed by atoms with E-state index in [0.29, 0.717) is 29.7 Å². The lowest BCUT2D eigenvalue weighted by Crippen LogP contribution is -2.41. The van der Waals surface area contributed by atoms with Crippen LogP contribution < -0.4 is 4.74 Å². The molecule has 0 bridgehead atoms. The Morgan fingerprint density at radius 2 is 1.97 bits per heavy atom. The molecular weight excluding hydrogens is 487 g/mol. The third kappa shape index (κ3) is 4.53. The van der Waals surface area contributed by atoms with Crippen LogP contribution in [0.3, 0.4) is 0 Å². The van der Waals surface area contributed by atoms with Crippen molar-refractivity contribution < 1.29 is 22.7 Å². The Kier molecular flexibility index (Phi) is 6.81. The Morgan fingerprint density at radius 1 is 1.18 bits per heavy atom. The van der Waals surface area contributed by atoms with Gasteiger partial charge in [-0.2, -0.15) is 4.31 Å². The molecule has 174 valence electrons. The number of sulfonamides is 1. The number of benzene rings is 2. The summed E-state index contributed by atoms with van der Waals surface area (Å²) >= 11 is 12.9. The topological polar surface area (TPSA) is 85.8 Å². The smallest absolute Gasteiger partial charge is 0.324 e. The Bertz CT molecular complexity index is 1330. The van der Waals surface area contributed by atoms with E-state index in [2.05, 4.69) is 4.98 Å². The van der Waals surface area contributed by atoms with Crippen molar-refractivity contribution in [3.63, 3.8) is 0 Å². The zero-order valence-electron chi connectivity index (χ0n) is 18.0. The summed E-state index contributed by atoms with van der Waals surface area (Å²) in [6, 6.07) is 11.3. The first kappa shape index (κ1) is 23.8. The maximum atomic E-state index is 13.4. The fourth-order valence-electron chi connectivity index (χ4n) is 3.92. The van der Waals surface area contributed by atoms with Crippen molar-refractivity contribution >= 4 is 50.1 Å². The number of methoxy groups -OCH3 is 1. The van der Waals surface area contributed by atoms with Crippen LogP contribution in [-0.2, 0) is 26.2 Å². The first-order chi connectivity index (χ1) is 15.7. The van der Waals surface area contributed by atoms with Crippen LogP contribution in [-0.4, -0.2) is 43.4 Å². The van der Waals surface area contributed by atoms with Crippen LogP contribution in [0.2, 0.25) is 10.0 Å². The SMILES string of the molecule is COC(=O)[C@@H]1CCCN1S(=O)(=O)c1ccc(Cl)c(COc2cccc3ccc(C)nc23)c1Cl. The lowest BCUT2D eigenvalue weighted by molar-refractivity contribution is -0.144. The maximum Gasteiger partial charge on any atom is 0.324 e. The van der Waals surface area contributed by atoms with Gasteiger partial charge in [0.15, 0.2) is 0 Å². The highest BCUT2D eigenvalue weighted by Gasteiger charge is 2.41. The second-order valence-electron chi connectivity index (χ2n) is 7.70.